The molecule has 1 N–H and O–H groups in total. The zero-order valence-corrected chi connectivity index (χ0v) is 15.5. The number of carbonyl (C=O) groups excluding carboxylic acids is 1. The van der Waals surface area contributed by atoms with Crippen molar-refractivity contribution in [3.8, 4) is 11.5 Å². The Hall–Kier alpha value is -2.49. The predicted octanol–water partition coefficient (Wildman–Crippen LogP) is 3.96. The summed E-state index contributed by atoms with van der Waals surface area (Å²) in [5.41, 5.74) is 3.40. The van der Waals surface area contributed by atoms with Crippen molar-refractivity contribution in [2.75, 3.05) is 13.2 Å². The number of ether oxygens (including phenoxy) is 2. The third-order valence-electron chi connectivity index (χ3n) is 3.95. The second kappa shape index (κ2) is 9.11. The van der Waals surface area contributed by atoms with Crippen molar-refractivity contribution in [1.29, 1.82) is 0 Å². The molecule has 134 valence electrons. The van der Waals surface area contributed by atoms with Crippen LogP contribution in [-0.2, 0) is 4.79 Å². The van der Waals surface area contributed by atoms with Gasteiger partial charge in [0.15, 0.2) is 6.10 Å². The molecule has 1 atom stereocenters. The van der Waals surface area contributed by atoms with Crippen LogP contribution in [0.15, 0.2) is 42.5 Å². The average molecular weight is 341 g/mol. The topological polar surface area (TPSA) is 47.6 Å². The highest BCUT2D eigenvalue weighted by Crippen LogP contribution is 2.20. The van der Waals surface area contributed by atoms with Gasteiger partial charge in [-0.1, -0.05) is 42.3 Å². The van der Waals surface area contributed by atoms with Crippen molar-refractivity contribution in [3.05, 3.63) is 59.2 Å². The van der Waals surface area contributed by atoms with E-state index < -0.39 is 6.10 Å². The van der Waals surface area contributed by atoms with Crippen molar-refractivity contribution in [2.24, 2.45) is 0 Å². The van der Waals surface area contributed by atoms with Gasteiger partial charge in [0.2, 0.25) is 0 Å². The first-order valence-electron chi connectivity index (χ1n) is 8.70. The lowest BCUT2D eigenvalue weighted by Crippen LogP contribution is -2.39. The van der Waals surface area contributed by atoms with E-state index in [1.807, 2.05) is 64.1 Å². The molecule has 0 aliphatic carbocycles. The summed E-state index contributed by atoms with van der Waals surface area (Å²) in [5, 5.41) is 2.88. The number of benzene rings is 2. The van der Waals surface area contributed by atoms with Crippen molar-refractivity contribution < 1.29 is 14.3 Å². The summed E-state index contributed by atoms with van der Waals surface area (Å²) in [7, 11) is 0. The summed E-state index contributed by atoms with van der Waals surface area (Å²) in [6.07, 6.45) is 0.110. The van der Waals surface area contributed by atoms with Gasteiger partial charge in [0.1, 0.15) is 18.1 Å². The van der Waals surface area contributed by atoms with E-state index in [4.69, 9.17) is 9.47 Å². The van der Waals surface area contributed by atoms with Crippen LogP contribution in [0, 0.1) is 20.8 Å². The molecule has 2 rings (SSSR count). The van der Waals surface area contributed by atoms with Gasteiger partial charge in [-0.15, -0.1) is 0 Å². The molecule has 0 saturated heterocycles. The fourth-order valence-electron chi connectivity index (χ4n) is 2.50. The number of carbonyl (C=O) groups is 1. The summed E-state index contributed by atoms with van der Waals surface area (Å²) >= 11 is 0. The van der Waals surface area contributed by atoms with Gasteiger partial charge in [-0.3, -0.25) is 4.79 Å². The Kier molecular flexibility index (Phi) is 6.87. The maximum absolute atomic E-state index is 12.3. The van der Waals surface area contributed by atoms with Crippen LogP contribution in [0.25, 0.3) is 0 Å². The molecule has 0 radical (unpaired) electrons. The molecule has 0 aliphatic heterocycles. The number of nitrogens with one attached hydrogen (secondary N) is 1. The number of hydrogen-bond acceptors (Lipinski definition) is 3. The largest absolute Gasteiger partial charge is 0.492 e. The third-order valence-corrected chi connectivity index (χ3v) is 3.95. The van der Waals surface area contributed by atoms with Gasteiger partial charge < -0.3 is 14.8 Å². The van der Waals surface area contributed by atoms with Gasteiger partial charge in [-0.05, 0) is 51.0 Å². The Morgan fingerprint density at radius 1 is 1.04 bits per heavy atom. The molecule has 4 nitrogen and oxygen atoms in total. The first-order chi connectivity index (χ1) is 12.0. The fraction of sp³-hybridized carbons (Fsp3) is 0.381. The highest BCUT2D eigenvalue weighted by molar-refractivity contribution is 5.81. The van der Waals surface area contributed by atoms with E-state index in [2.05, 4.69) is 11.4 Å². The molecule has 2 aromatic carbocycles. The van der Waals surface area contributed by atoms with E-state index in [9.17, 15) is 4.79 Å². The minimum absolute atomic E-state index is 0.116. The van der Waals surface area contributed by atoms with Crippen molar-refractivity contribution >= 4 is 5.91 Å². The second-order valence-corrected chi connectivity index (χ2v) is 6.24. The van der Waals surface area contributed by atoms with Crippen LogP contribution in [0.4, 0.5) is 0 Å². The Labute approximate surface area is 150 Å². The summed E-state index contributed by atoms with van der Waals surface area (Å²) in [6, 6.07) is 13.8. The molecule has 25 heavy (non-hydrogen) atoms. The number of rotatable bonds is 8. The normalized spacial score (nSPS) is 11.7. The zero-order valence-electron chi connectivity index (χ0n) is 15.5. The molecule has 0 bridgehead atoms. The SMILES string of the molecule is CC[C@H](Oc1ccc(C)cc1C)C(=O)NCCOc1ccc(C)cc1. The predicted molar refractivity (Wildman–Crippen MR) is 100 cm³/mol. The van der Waals surface area contributed by atoms with Gasteiger partial charge in [-0.25, -0.2) is 0 Å². The highest BCUT2D eigenvalue weighted by Gasteiger charge is 2.18. The molecule has 0 fully saturated rings. The Morgan fingerprint density at radius 2 is 1.72 bits per heavy atom. The minimum atomic E-state index is -0.499. The van der Waals surface area contributed by atoms with E-state index >= 15 is 0 Å². The maximum atomic E-state index is 12.3. The van der Waals surface area contributed by atoms with E-state index in [0.29, 0.717) is 19.6 Å². The Bertz CT molecular complexity index is 695. The van der Waals surface area contributed by atoms with Crippen LogP contribution < -0.4 is 14.8 Å². The van der Waals surface area contributed by atoms with E-state index in [1.54, 1.807) is 0 Å². The molecule has 0 unspecified atom stereocenters. The van der Waals surface area contributed by atoms with Gasteiger partial charge in [0.05, 0.1) is 6.54 Å². The molecule has 4 heteroatoms. The number of hydrogen-bond donors (Lipinski definition) is 1. The van der Waals surface area contributed by atoms with Crippen LogP contribution in [0.5, 0.6) is 11.5 Å². The van der Waals surface area contributed by atoms with Crippen LogP contribution in [0.2, 0.25) is 0 Å². The van der Waals surface area contributed by atoms with E-state index in [0.717, 1.165) is 17.1 Å². The zero-order chi connectivity index (χ0) is 18.2. The molecular formula is C21H27NO3. The van der Waals surface area contributed by atoms with Gasteiger partial charge in [0.25, 0.3) is 5.91 Å². The number of amides is 1. The summed E-state index contributed by atoms with van der Waals surface area (Å²) in [6.45, 7) is 8.87. The van der Waals surface area contributed by atoms with Crippen LogP contribution in [0.1, 0.15) is 30.0 Å². The Morgan fingerprint density at radius 3 is 2.36 bits per heavy atom. The molecule has 0 saturated carbocycles. The molecule has 0 spiro atoms. The number of aryl methyl sites for hydroxylation is 3. The standard InChI is InChI=1S/C21H27NO3/c1-5-19(25-20-11-8-16(3)14-17(20)4)21(23)22-12-13-24-18-9-6-15(2)7-10-18/h6-11,14,19H,5,12-13H2,1-4H3,(H,22,23)/t19-/m0/s1. The lowest BCUT2D eigenvalue weighted by atomic mass is 10.1. The summed E-state index contributed by atoms with van der Waals surface area (Å²) in [4.78, 5) is 12.3. The smallest absolute Gasteiger partial charge is 0.261 e. The van der Waals surface area contributed by atoms with Crippen LogP contribution >= 0.6 is 0 Å². The minimum Gasteiger partial charge on any atom is -0.492 e. The van der Waals surface area contributed by atoms with Crippen molar-refractivity contribution in [1.82, 2.24) is 5.32 Å². The van der Waals surface area contributed by atoms with Gasteiger partial charge in [0, 0.05) is 0 Å². The molecule has 0 heterocycles. The lowest BCUT2D eigenvalue weighted by molar-refractivity contribution is -0.128. The van der Waals surface area contributed by atoms with Crippen molar-refractivity contribution in [3.63, 3.8) is 0 Å². The summed E-state index contributed by atoms with van der Waals surface area (Å²) < 4.78 is 11.5. The quantitative estimate of drug-likeness (QED) is 0.739. The Balaban J connectivity index is 1.80. The van der Waals surface area contributed by atoms with Crippen LogP contribution in [-0.4, -0.2) is 25.2 Å². The highest BCUT2D eigenvalue weighted by atomic mass is 16.5. The molecule has 1 amide bonds. The van der Waals surface area contributed by atoms with Gasteiger partial charge >= 0.3 is 0 Å². The van der Waals surface area contributed by atoms with E-state index in [-0.39, 0.29) is 5.91 Å². The molecule has 0 aromatic heterocycles. The second-order valence-electron chi connectivity index (χ2n) is 6.24. The maximum Gasteiger partial charge on any atom is 0.261 e. The van der Waals surface area contributed by atoms with E-state index in [1.165, 1.54) is 11.1 Å². The first kappa shape index (κ1) is 18.8. The molecule has 2 aromatic rings. The third kappa shape index (κ3) is 5.82. The lowest BCUT2D eigenvalue weighted by Gasteiger charge is -2.19. The first-order valence-corrected chi connectivity index (χ1v) is 8.70. The molecule has 0 aliphatic rings. The van der Waals surface area contributed by atoms with Crippen molar-refractivity contribution in [2.45, 2.75) is 40.2 Å². The van der Waals surface area contributed by atoms with Gasteiger partial charge in [-0.2, -0.15) is 0 Å². The average Bonchev–Trinajstić information content (AvgIpc) is 2.59. The monoisotopic (exact) mass is 341 g/mol. The summed E-state index contributed by atoms with van der Waals surface area (Å²) in [5.74, 6) is 1.44. The molecular weight excluding hydrogens is 314 g/mol. The van der Waals surface area contributed by atoms with Crippen LogP contribution in [0.3, 0.4) is 0 Å². The fourth-order valence-corrected chi connectivity index (χ4v) is 2.50.